The van der Waals surface area contributed by atoms with Crippen LogP contribution in [0.4, 0.5) is 0 Å². The molecule has 100 valence electrons. The third kappa shape index (κ3) is 3.89. The summed E-state index contributed by atoms with van der Waals surface area (Å²) in [6.07, 6.45) is 0. The molecule has 2 aromatic carbocycles. The Morgan fingerprint density at radius 3 is 2.40 bits per heavy atom. The van der Waals surface area contributed by atoms with E-state index in [0.717, 1.165) is 11.1 Å². The average Bonchev–Trinajstić information content (AvgIpc) is 2.48. The number of benzene rings is 2. The molecule has 2 aromatic rings. The minimum Gasteiger partial charge on any atom is -0.508 e. The Balaban J connectivity index is 1.99. The molecule has 0 saturated heterocycles. The second-order valence-corrected chi connectivity index (χ2v) is 4.44. The van der Waals surface area contributed by atoms with Gasteiger partial charge in [0.25, 0.3) is 5.91 Å². The number of carbonyl (C=O) groups is 1. The van der Waals surface area contributed by atoms with Crippen LogP contribution in [-0.2, 0) is 11.3 Å². The summed E-state index contributed by atoms with van der Waals surface area (Å²) in [7, 11) is 1.70. The first-order chi connectivity index (χ1) is 9.65. The number of phenols is 1. The number of hydrogen-bond donors (Lipinski definition) is 1. The minimum atomic E-state index is -0.234. The van der Waals surface area contributed by atoms with Crippen molar-refractivity contribution in [2.45, 2.75) is 6.54 Å². The van der Waals surface area contributed by atoms with E-state index in [0.29, 0.717) is 6.54 Å². The molecule has 0 saturated carbocycles. The summed E-state index contributed by atoms with van der Waals surface area (Å²) in [5, 5.41) is 9.21. The zero-order valence-corrected chi connectivity index (χ0v) is 11.2. The molecular weight excluding hydrogens is 250 g/mol. The zero-order valence-electron chi connectivity index (χ0n) is 11.2. The van der Waals surface area contributed by atoms with E-state index in [-0.39, 0.29) is 11.7 Å². The van der Waals surface area contributed by atoms with Crippen molar-refractivity contribution in [2.24, 2.45) is 0 Å². The molecule has 0 spiro atoms. The fourth-order valence-corrected chi connectivity index (χ4v) is 1.69. The fourth-order valence-electron chi connectivity index (χ4n) is 1.69. The second kappa shape index (κ2) is 6.44. The molecule has 3 heteroatoms. The molecule has 0 radical (unpaired) electrons. The molecule has 0 atom stereocenters. The monoisotopic (exact) mass is 265 g/mol. The Bertz CT molecular complexity index is 636. The molecule has 1 N–H and O–H groups in total. The first-order valence-corrected chi connectivity index (χ1v) is 6.25. The third-order valence-corrected chi connectivity index (χ3v) is 2.79. The van der Waals surface area contributed by atoms with E-state index in [1.54, 1.807) is 36.2 Å². The van der Waals surface area contributed by atoms with Crippen molar-refractivity contribution < 1.29 is 9.90 Å². The summed E-state index contributed by atoms with van der Waals surface area (Å²) >= 11 is 0. The van der Waals surface area contributed by atoms with Gasteiger partial charge in [-0.15, -0.1) is 0 Å². The SMILES string of the molecule is CN(Cc1ccc(O)cc1)C(=O)C#Cc1ccccc1. The Hall–Kier alpha value is -2.73. The highest BCUT2D eigenvalue weighted by Crippen LogP contribution is 2.11. The van der Waals surface area contributed by atoms with Gasteiger partial charge in [0, 0.05) is 25.1 Å². The Morgan fingerprint density at radius 1 is 1.10 bits per heavy atom. The van der Waals surface area contributed by atoms with Gasteiger partial charge in [-0.25, -0.2) is 0 Å². The number of amides is 1. The summed E-state index contributed by atoms with van der Waals surface area (Å²) < 4.78 is 0. The van der Waals surface area contributed by atoms with Crippen LogP contribution in [0.5, 0.6) is 5.75 Å². The highest BCUT2D eigenvalue weighted by atomic mass is 16.3. The number of rotatable bonds is 2. The van der Waals surface area contributed by atoms with Gasteiger partial charge < -0.3 is 10.0 Å². The molecule has 0 aliphatic heterocycles. The molecule has 1 amide bonds. The molecule has 0 fully saturated rings. The van der Waals surface area contributed by atoms with Gasteiger partial charge in [0.1, 0.15) is 5.75 Å². The zero-order chi connectivity index (χ0) is 14.4. The lowest BCUT2D eigenvalue weighted by Crippen LogP contribution is -2.24. The summed E-state index contributed by atoms with van der Waals surface area (Å²) in [6.45, 7) is 0.461. The standard InChI is InChI=1S/C17H15NO2/c1-18(13-15-7-10-16(19)11-8-15)17(20)12-9-14-5-3-2-4-6-14/h2-8,10-11,19H,13H2,1H3. The summed E-state index contributed by atoms with van der Waals surface area (Å²) in [5.74, 6) is 5.44. The molecule has 20 heavy (non-hydrogen) atoms. The van der Waals surface area contributed by atoms with Crippen LogP contribution in [0.1, 0.15) is 11.1 Å². The van der Waals surface area contributed by atoms with E-state index in [4.69, 9.17) is 0 Å². The lowest BCUT2D eigenvalue weighted by Gasteiger charge is -2.13. The number of hydrogen-bond acceptors (Lipinski definition) is 2. The van der Waals surface area contributed by atoms with E-state index in [1.165, 1.54) is 0 Å². The average molecular weight is 265 g/mol. The number of nitrogens with zero attached hydrogens (tertiary/aromatic N) is 1. The summed E-state index contributed by atoms with van der Waals surface area (Å²) in [5.41, 5.74) is 1.76. The Kier molecular flexibility index (Phi) is 4.41. The van der Waals surface area contributed by atoms with Crippen molar-refractivity contribution in [3.8, 4) is 17.6 Å². The number of aromatic hydroxyl groups is 1. The maximum Gasteiger partial charge on any atom is 0.298 e. The first-order valence-electron chi connectivity index (χ1n) is 6.25. The van der Waals surface area contributed by atoms with Crippen LogP contribution in [-0.4, -0.2) is 23.0 Å². The van der Waals surface area contributed by atoms with Crippen LogP contribution in [0.25, 0.3) is 0 Å². The van der Waals surface area contributed by atoms with E-state index in [2.05, 4.69) is 11.8 Å². The van der Waals surface area contributed by atoms with Gasteiger partial charge in [0.05, 0.1) is 0 Å². The van der Waals surface area contributed by atoms with Crippen LogP contribution >= 0.6 is 0 Å². The fraction of sp³-hybridized carbons (Fsp3) is 0.118. The smallest absolute Gasteiger partial charge is 0.298 e. The minimum absolute atomic E-state index is 0.214. The molecular formula is C17H15NO2. The lowest BCUT2D eigenvalue weighted by atomic mass is 10.2. The highest BCUT2D eigenvalue weighted by Gasteiger charge is 2.05. The van der Waals surface area contributed by atoms with Gasteiger partial charge >= 0.3 is 0 Å². The topological polar surface area (TPSA) is 40.5 Å². The number of carbonyl (C=O) groups excluding carboxylic acids is 1. The second-order valence-electron chi connectivity index (χ2n) is 4.44. The molecule has 0 bridgehead atoms. The van der Waals surface area contributed by atoms with Gasteiger partial charge in [-0.05, 0) is 29.8 Å². The third-order valence-electron chi connectivity index (χ3n) is 2.79. The van der Waals surface area contributed by atoms with E-state index >= 15 is 0 Å². The maximum atomic E-state index is 11.9. The van der Waals surface area contributed by atoms with Crippen molar-refractivity contribution in [2.75, 3.05) is 7.05 Å². The molecule has 0 aliphatic carbocycles. The van der Waals surface area contributed by atoms with Crippen LogP contribution in [0.2, 0.25) is 0 Å². The Labute approximate surface area is 118 Å². The van der Waals surface area contributed by atoms with Crippen molar-refractivity contribution >= 4 is 5.91 Å². The first kappa shape index (κ1) is 13.7. The number of phenolic OH excluding ortho intramolecular Hbond substituents is 1. The normalized spacial score (nSPS) is 9.45. The van der Waals surface area contributed by atoms with E-state index in [9.17, 15) is 9.90 Å². The van der Waals surface area contributed by atoms with E-state index in [1.807, 2.05) is 30.3 Å². The highest BCUT2D eigenvalue weighted by molar-refractivity contribution is 5.93. The Morgan fingerprint density at radius 2 is 1.75 bits per heavy atom. The van der Waals surface area contributed by atoms with Gasteiger partial charge in [-0.2, -0.15) is 0 Å². The summed E-state index contributed by atoms with van der Waals surface area (Å²) in [4.78, 5) is 13.4. The predicted molar refractivity (Wildman–Crippen MR) is 77.9 cm³/mol. The van der Waals surface area contributed by atoms with E-state index < -0.39 is 0 Å². The molecule has 2 rings (SSSR count). The van der Waals surface area contributed by atoms with Gasteiger partial charge in [-0.1, -0.05) is 36.3 Å². The molecule has 3 nitrogen and oxygen atoms in total. The van der Waals surface area contributed by atoms with Crippen molar-refractivity contribution in [1.82, 2.24) is 4.90 Å². The molecule has 0 unspecified atom stereocenters. The molecule has 0 heterocycles. The van der Waals surface area contributed by atoms with Gasteiger partial charge in [0.2, 0.25) is 0 Å². The quantitative estimate of drug-likeness (QED) is 0.847. The summed E-state index contributed by atoms with van der Waals surface area (Å²) in [6, 6.07) is 16.2. The van der Waals surface area contributed by atoms with Crippen LogP contribution in [0.3, 0.4) is 0 Å². The van der Waals surface area contributed by atoms with Crippen molar-refractivity contribution in [3.63, 3.8) is 0 Å². The van der Waals surface area contributed by atoms with Gasteiger partial charge in [0.15, 0.2) is 0 Å². The van der Waals surface area contributed by atoms with Crippen molar-refractivity contribution in [1.29, 1.82) is 0 Å². The van der Waals surface area contributed by atoms with Crippen LogP contribution in [0.15, 0.2) is 54.6 Å². The lowest BCUT2D eigenvalue weighted by molar-refractivity contribution is -0.124. The van der Waals surface area contributed by atoms with Crippen molar-refractivity contribution in [3.05, 3.63) is 65.7 Å². The van der Waals surface area contributed by atoms with Crippen LogP contribution in [0, 0.1) is 11.8 Å². The van der Waals surface area contributed by atoms with Gasteiger partial charge in [-0.3, -0.25) is 4.79 Å². The van der Waals surface area contributed by atoms with Crippen LogP contribution < -0.4 is 0 Å². The molecule has 0 aliphatic rings. The maximum absolute atomic E-state index is 11.9. The largest absolute Gasteiger partial charge is 0.508 e. The predicted octanol–water partition coefficient (Wildman–Crippen LogP) is 2.40. The molecule has 0 aromatic heterocycles.